The molecule has 5 nitrogen and oxygen atoms in total. The molecule has 0 radical (unpaired) electrons. The highest BCUT2D eigenvalue weighted by atomic mass is 32.2. The highest BCUT2D eigenvalue weighted by molar-refractivity contribution is 8.00. The normalized spacial score (nSPS) is 19.5. The molecule has 7 heteroatoms. The van der Waals surface area contributed by atoms with Crippen molar-refractivity contribution in [3.63, 3.8) is 0 Å². The van der Waals surface area contributed by atoms with Gasteiger partial charge in [0.25, 0.3) is 0 Å². The fourth-order valence-electron chi connectivity index (χ4n) is 2.34. The second kappa shape index (κ2) is 6.56. The summed E-state index contributed by atoms with van der Waals surface area (Å²) >= 11 is 1.48. The number of sulfonamides is 1. The van der Waals surface area contributed by atoms with Crippen LogP contribution in [0.5, 0.6) is 0 Å². The molecule has 1 aromatic carbocycles. The van der Waals surface area contributed by atoms with Crippen molar-refractivity contribution in [3.8, 4) is 0 Å². The van der Waals surface area contributed by atoms with E-state index in [1.807, 2.05) is 38.1 Å². The fraction of sp³-hybridized carbons (Fsp3) is 0.571. The van der Waals surface area contributed by atoms with E-state index in [0.29, 0.717) is 31.2 Å². The second-order valence-corrected chi connectivity index (χ2v) is 8.79. The van der Waals surface area contributed by atoms with Crippen molar-refractivity contribution in [1.82, 2.24) is 4.31 Å². The Bertz CT molecular complexity index is 588. The van der Waals surface area contributed by atoms with Gasteiger partial charge in [0.1, 0.15) is 0 Å². The summed E-state index contributed by atoms with van der Waals surface area (Å²) in [5, 5.41) is 0. The van der Waals surface area contributed by atoms with Crippen molar-refractivity contribution in [2.45, 2.75) is 24.3 Å². The number of thioether (sulfide) groups is 1. The molecule has 0 aromatic heterocycles. The highest BCUT2D eigenvalue weighted by Crippen LogP contribution is 2.27. The molecule has 1 aliphatic heterocycles. The smallest absolute Gasteiger partial charge is 0.215 e. The Morgan fingerprint density at radius 2 is 2.10 bits per heavy atom. The zero-order valence-corrected chi connectivity index (χ0v) is 14.0. The number of para-hydroxylation sites is 1. The van der Waals surface area contributed by atoms with E-state index in [0.717, 1.165) is 4.90 Å². The number of rotatable bonds is 5. The molecule has 1 aromatic rings. The van der Waals surface area contributed by atoms with Crippen LogP contribution in [0.2, 0.25) is 0 Å². The molecule has 118 valence electrons. The van der Waals surface area contributed by atoms with E-state index in [9.17, 15) is 8.42 Å². The molecule has 1 aliphatic rings. The van der Waals surface area contributed by atoms with E-state index in [4.69, 9.17) is 10.5 Å². The van der Waals surface area contributed by atoms with Crippen LogP contribution in [-0.4, -0.2) is 49.5 Å². The average Bonchev–Trinajstić information content (AvgIpc) is 2.40. The molecule has 0 aliphatic carbocycles. The summed E-state index contributed by atoms with van der Waals surface area (Å²) in [4.78, 5) is 0.925. The lowest BCUT2D eigenvalue weighted by molar-refractivity contribution is -0.00760. The first-order valence-corrected chi connectivity index (χ1v) is 9.48. The minimum absolute atomic E-state index is 0.107. The zero-order chi connectivity index (χ0) is 15.5. The summed E-state index contributed by atoms with van der Waals surface area (Å²) < 4.78 is 31.9. The largest absolute Gasteiger partial charge is 0.398 e. The summed E-state index contributed by atoms with van der Waals surface area (Å²) in [6, 6.07) is 7.50. The van der Waals surface area contributed by atoms with Crippen LogP contribution < -0.4 is 5.73 Å². The summed E-state index contributed by atoms with van der Waals surface area (Å²) in [5.41, 5.74) is 6.07. The van der Waals surface area contributed by atoms with E-state index >= 15 is 0 Å². The third kappa shape index (κ3) is 4.12. The molecule has 0 amide bonds. The number of anilines is 1. The molecular formula is C14H22N2O3S2. The molecule has 0 atom stereocenters. The summed E-state index contributed by atoms with van der Waals surface area (Å²) in [5.74, 6) is 0.597. The van der Waals surface area contributed by atoms with Gasteiger partial charge in [-0.15, -0.1) is 11.8 Å². The maximum absolute atomic E-state index is 12.5. The monoisotopic (exact) mass is 330 g/mol. The third-order valence-electron chi connectivity index (χ3n) is 3.42. The van der Waals surface area contributed by atoms with Crippen molar-refractivity contribution in [2.75, 3.05) is 37.0 Å². The fourth-order valence-corrected chi connectivity index (χ4v) is 5.52. The Morgan fingerprint density at radius 3 is 2.76 bits per heavy atom. The van der Waals surface area contributed by atoms with E-state index in [-0.39, 0.29) is 5.75 Å². The van der Waals surface area contributed by atoms with Gasteiger partial charge in [-0.1, -0.05) is 12.1 Å². The zero-order valence-electron chi connectivity index (χ0n) is 12.4. The Labute approximate surface area is 130 Å². The van der Waals surface area contributed by atoms with Crippen LogP contribution >= 0.6 is 11.8 Å². The molecule has 21 heavy (non-hydrogen) atoms. The molecule has 0 bridgehead atoms. The van der Waals surface area contributed by atoms with Crippen LogP contribution in [0.15, 0.2) is 29.2 Å². The minimum Gasteiger partial charge on any atom is -0.398 e. The van der Waals surface area contributed by atoms with E-state index in [2.05, 4.69) is 0 Å². The van der Waals surface area contributed by atoms with Gasteiger partial charge < -0.3 is 10.5 Å². The number of nitrogens with zero attached hydrogens (tertiary/aromatic N) is 1. The van der Waals surface area contributed by atoms with Gasteiger partial charge in [-0.05, 0) is 26.0 Å². The molecular weight excluding hydrogens is 308 g/mol. The van der Waals surface area contributed by atoms with Gasteiger partial charge in [-0.2, -0.15) is 4.31 Å². The first kappa shape index (κ1) is 16.6. The molecule has 1 saturated heterocycles. The number of morpholine rings is 1. The quantitative estimate of drug-likeness (QED) is 0.658. The van der Waals surface area contributed by atoms with Crippen LogP contribution in [0.1, 0.15) is 13.8 Å². The van der Waals surface area contributed by atoms with Gasteiger partial charge in [0.05, 0.1) is 24.5 Å². The standard InChI is InChI=1S/C14H22N2O3S2/c1-14(2)11-19-8-7-16(14)21(17,18)10-9-20-13-6-4-3-5-12(13)15/h3-6H,7-11,15H2,1-2H3. The van der Waals surface area contributed by atoms with Crippen molar-refractivity contribution >= 4 is 27.5 Å². The predicted octanol–water partition coefficient (Wildman–Crippen LogP) is 1.80. The number of nitrogen functional groups attached to an aromatic ring is 1. The van der Waals surface area contributed by atoms with Gasteiger partial charge in [0.2, 0.25) is 10.0 Å². The first-order chi connectivity index (χ1) is 9.83. The maximum Gasteiger partial charge on any atom is 0.215 e. The van der Waals surface area contributed by atoms with Crippen molar-refractivity contribution < 1.29 is 13.2 Å². The SMILES string of the molecule is CC1(C)COCCN1S(=O)(=O)CCSc1ccccc1N. The Hall–Kier alpha value is -0.760. The van der Waals surface area contributed by atoms with Crippen LogP contribution in [0, 0.1) is 0 Å². The number of benzene rings is 1. The maximum atomic E-state index is 12.5. The van der Waals surface area contributed by atoms with Gasteiger partial charge in [-0.3, -0.25) is 0 Å². The van der Waals surface area contributed by atoms with Gasteiger partial charge >= 0.3 is 0 Å². The van der Waals surface area contributed by atoms with Crippen molar-refractivity contribution in [2.24, 2.45) is 0 Å². The summed E-state index contributed by atoms with van der Waals surface area (Å²) in [6.07, 6.45) is 0. The average molecular weight is 330 g/mol. The Morgan fingerprint density at radius 1 is 1.38 bits per heavy atom. The molecule has 1 heterocycles. The van der Waals surface area contributed by atoms with Crippen LogP contribution in [-0.2, 0) is 14.8 Å². The second-order valence-electron chi connectivity index (χ2n) is 5.64. The van der Waals surface area contributed by atoms with Crippen molar-refractivity contribution in [3.05, 3.63) is 24.3 Å². The topological polar surface area (TPSA) is 72.6 Å². The molecule has 2 rings (SSSR count). The predicted molar refractivity (Wildman–Crippen MR) is 87.0 cm³/mol. The van der Waals surface area contributed by atoms with Crippen LogP contribution in [0.25, 0.3) is 0 Å². The molecule has 0 spiro atoms. The van der Waals surface area contributed by atoms with E-state index in [1.165, 1.54) is 11.8 Å². The third-order valence-corrected chi connectivity index (χ3v) is 6.84. The minimum atomic E-state index is -3.28. The summed E-state index contributed by atoms with van der Waals surface area (Å²) in [6.45, 7) is 5.11. The van der Waals surface area contributed by atoms with Gasteiger partial charge in [0, 0.05) is 22.9 Å². The number of hydrogen-bond acceptors (Lipinski definition) is 5. The Kier molecular flexibility index (Phi) is 5.19. The molecule has 0 unspecified atom stereocenters. The Balaban J connectivity index is 1.97. The lowest BCUT2D eigenvalue weighted by atomic mass is 10.1. The summed E-state index contributed by atoms with van der Waals surface area (Å²) in [7, 11) is -3.28. The first-order valence-electron chi connectivity index (χ1n) is 6.88. The van der Waals surface area contributed by atoms with Gasteiger partial charge in [-0.25, -0.2) is 8.42 Å². The molecule has 2 N–H and O–H groups in total. The van der Waals surface area contributed by atoms with Gasteiger partial charge in [0.15, 0.2) is 0 Å². The molecule has 1 fully saturated rings. The van der Waals surface area contributed by atoms with E-state index in [1.54, 1.807) is 4.31 Å². The van der Waals surface area contributed by atoms with Crippen LogP contribution in [0.4, 0.5) is 5.69 Å². The number of hydrogen-bond donors (Lipinski definition) is 1. The molecule has 0 saturated carbocycles. The van der Waals surface area contributed by atoms with Crippen molar-refractivity contribution in [1.29, 1.82) is 0 Å². The number of nitrogens with two attached hydrogens (primary N) is 1. The van der Waals surface area contributed by atoms with Crippen LogP contribution in [0.3, 0.4) is 0 Å². The lowest BCUT2D eigenvalue weighted by Gasteiger charge is -2.40. The number of ether oxygens (including phenoxy) is 1. The highest BCUT2D eigenvalue weighted by Gasteiger charge is 2.38. The van der Waals surface area contributed by atoms with E-state index < -0.39 is 15.6 Å². The lowest BCUT2D eigenvalue weighted by Crippen LogP contribution is -2.56.